The first kappa shape index (κ1) is 23.6. The molecule has 0 aliphatic rings. The number of carbonyl (C=O) groups excluding carboxylic acids is 1. The Balaban J connectivity index is 1.37. The summed E-state index contributed by atoms with van der Waals surface area (Å²) in [5.41, 5.74) is 2.89. The third-order valence-electron chi connectivity index (χ3n) is 5.01. The highest BCUT2D eigenvalue weighted by molar-refractivity contribution is 8.00. The van der Waals surface area contributed by atoms with Gasteiger partial charge in [-0.2, -0.15) is 0 Å². The predicted octanol–water partition coefficient (Wildman–Crippen LogP) is 5.39. The van der Waals surface area contributed by atoms with Crippen LogP contribution in [0.15, 0.2) is 58.0 Å². The highest BCUT2D eigenvalue weighted by Crippen LogP contribution is 2.32. The van der Waals surface area contributed by atoms with Crippen molar-refractivity contribution in [1.82, 2.24) is 19.7 Å². The number of aromatic nitrogens is 4. The summed E-state index contributed by atoms with van der Waals surface area (Å²) in [7, 11) is 3.98. The number of rotatable bonds is 9. The molecule has 0 spiro atoms. The molecule has 4 aromatic rings. The Morgan fingerprint density at radius 2 is 1.91 bits per heavy atom. The van der Waals surface area contributed by atoms with E-state index in [1.165, 1.54) is 16.5 Å². The van der Waals surface area contributed by atoms with Gasteiger partial charge >= 0.3 is 0 Å². The molecule has 172 valence electrons. The van der Waals surface area contributed by atoms with Gasteiger partial charge in [0.15, 0.2) is 9.50 Å². The molecule has 0 unspecified atom stereocenters. The van der Waals surface area contributed by atoms with Gasteiger partial charge < -0.3 is 14.8 Å². The number of nitrogens with zero attached hydrogens (tertiary/aromatic N) is 5. The second-order valence-electron chi connectivity index (χ2n) is 7.57. The summed E-state index contributed by atoms with van der Waals surface area (Å²) in [4.78, 5) is 19.4. The smallest absolute Gasteiger partial charge is 0.237 e. The molecule has 0 aliphatic heterocycles. The summed E-state index contributed by atoms with van der Waals surface area (Å²) in [6.45, 7) is 4.69. The van der Waals surface area contributed by atoms with E-state index in [0.29, 0.717) is 5.75 Å². The summed E-state index contributed by atoms with van der Waals surface area (Å²) in [6.07, 6.45) is 0. The molecule has 0 bridgehead atoms. The van der Waals surface area contributed by atoms with Crippen molar-refractivity contribution in [3.63, 3.8) is 0 Å². The molecule has 0 fully saturated rings. The lowest BCUT2D eigenvalue weighted by Crippen LogP contribution is -2.23. The van der Waals surface area contributed by atoms with Gasteiger partial charge in [0.1, 0.15) is 5.82 Å². The van der Waals surface area contributed by atoms with Gasteiger partial charge in [0.05, 0.1) is 21.2 Å². The van der Waals surface area contributed by atoms with Crippen LogP contribution < -0.4 is 10.2 Å². The van der Waals surface area contributed by atoms with Crippen LogP contribution in [0.1, 0.15) is 19.7 Å². The molecule has 0 saturated heterocycles. The Labute approximate surface area is 206 Å². The molecule has 2 aromatic heterocycles. The van der Waals surface area contributed by atoms with Gasteiger partial charge in [-0.15, -0.1) is 21.5 Å². The number of fused-ring (bicyclic) bond motifs is 1. The van der Waals surface area contributed by atoms with Gasteiger partial charge in [0.2, 0.25) is 5.91 Å². The average Bonchev–Trinajstić information content (AvgIpc) is 3.40. The average molecular weight is 499 g/mol. The fourth-order valence-corrected chi connectivity index (χ4v) is 6.11. The number of thioether (sulfide) groups is 2. The monoisotopic (exact) mass is 498 g/mol. The van der Waals surface area contributed by atoms with Crippen molar-refractivity contribution < 1.29 is 4.79 Å². The van der Waals surface area contributed by atoms with Crippen LogP contribution in [0.3, 0.4) is 0 Å². The minimum atomic E-state index is -0.308. The number of hydrogen-bond acceptors (Lipinski definition) is 8. The summed E-state index contributed by atoms with van der Waals surface area (Å²) < 4.78 is 4.27. The summed E-state index contributed by atoms with van der Waals surface area (Å²) in [6, 6.07) is 15.9. The zero-order valence-corrected chi connectivity index (χ0v) is 21.4. The summed E-state index contributed by atoms with van der Waals surface area (Å²) in [5.74, 6) is 1.50. The van der Waals surface area contributed by atoms with Crippen molar-refractivity contribution in [2.75, 3.05) is 24.3 Å². The second kappa shape index (κ2) is 10.6. The number of benzene rings is 2. The van der Waals surface area contributed by atoms with Crippen molar-refractivity contribution in [2.45, 2.75) is 40.9 Å². The molecule has 1 amide bonds. The molecule has 2 aromatic carbocycles. The molecule has 1 atom stereocenters. The van der Waals surface area contributed by atoms with Crippen LogP contribution in [-0.2, 0) is 17.1 Å². The summed E-state index contributed by atoms with van der Waals surface area (Å²) >= 11 is 4.78. The van der Waals surface area contributed by atoms with Gasteiger partial charge in [-0.3, -0.25) is 4.79 Å². The SMILES string of the molecule is CCn1c(CSc2nc3ccccc3s2)nnc1S[C@@H](C)C(=O)Nc1ccc(N(C)C)cc1. The standard InChI is InChI=1S/C23H26N6OS3/c1-5-29-20(14-31-23-25-18-8-6-7-9-19(18)33-23)26-27-22(29)32-15(2)21(30)24-16-10-12-17(13-11-16)28(3)4/h6-13,15H,5,14H2,1-4H3,(H,24,30)/t15-/m0/s1. The number of carbonyl (C=O) groups is 1. The predicted molar refractivity (Wildman–Crippen MR) is 140 cm³/mol. The lowest BCUT2D eigenvalue weighted by atomic mass is 10.2. The first-order chi connectivity index (χ1) is 15.9. The van der Waals surface area contributed by atoms with Crippen molar-refractivity contribution in [3.8, 4) is 0 Å². The molecule has 0 saturated carbocycles. The molecule has 1 N–H and O–H groups in total. The van der Waals surface area contributed by atoms with E-state index in [2.05, 4.69) is 38.1 Å². The largest absolute Gasteiger partial charge is 0.378 e. The van der Waals surface area contributed by atoms with Gasteiger partial charge in [0, 0.05) is 32.0 Å². The van der Waals surface area contributed by atoms with Crippen molar-refractivity contribution in [3.05, 3.63) is 54.4 Å². The zero-order chi connectivity index (χ0) is 23.4. The normalized spacial score (nSPS) is 12.1. The van der Waals surface area contributed by atoms with E-state index >= 15 is 0 Å². The molecule has 2 heterocycles. The van der Waals surface area contributed by atoms with Gasteiger partial charge in [0.25, 0.3) is 0 Å². The first-order valence-electron chi connectivity index (χ1n) is 10.6. The van der Waals surface area contributed by atoms with Gasteiger partial charge in [-0.05, 0) is 50.2 Å². The van der Waals surface area contributed by atoms with Crippen LogP contribution in [0.2, 0.25) is 0 Å². The fraction of sp³-hybridized carbons (Fsp3) is 0.304. The van der Waals surface area contributed by atoms with Crippen LogP contribution in [-0.4, -0.2) is 45.0 Å². The minimum absolute atomic E-state index is 0.0614. The number of hydrogen-bond donors (Lipinski definition) is 1. The van der Waals surface area contributed by atoms with Crippen LogP contribution in [0.4, 0.5) is 11.4 Å². The van der Waals surface area contributed by atoms with E-state index in [9.17, 15) is 4.79 Å². The lowest BCUT2D eigenvalue weighted by molar-refractivity contribution is -0.115. The van der Waals surface area contributed by atoms with E-state index in [4.69, 9.17) is 0 Å². The van der Waals surface area contributed by atoms with Crippen LogP contribution >= 0.6 is 34.9 Å². The molecule has 7 nitrogen and oxygen atoms in total. The quantitative estimate of drug-likeness (QED) is 0.310. The lowest BCUT2D eigenvalue weighted by Gasteiger charge is -2.15. The number of amides is 1. The second-order valence-corrected chi connectivity index (χ2v) is 11.1. The minimum Gasteiger partial charge on any atom is -0.378 e. The number of para-hydroxylation sites is 1. The maximum atomic E-state index is 12.7. The number of anilines is 2. The Hall–Kier alpha value is -2.56. The van der Waals surface area contributed by atoms with Crippen molar-refractivity contribution >= 4 is 62.4 Å². The van der Waals surface area contributed by atoms with Gasteiger partial charge in [-0.1, -0.05) is 35.7 Å². The molecular weight excluding hydrogens is 472 g/mol. The Morgan fingerprint density at radius 1 is 1.15 bits per heavy atom. The van der Waals surface area contributed by atoms with E-state index in [-0.39, 0.29) is 11.2 Å². The molecule has 0 radical (unpaired) electrons. The topological polar surface area (TPSA) is 75.9 Å². The molecule has 4 rings (SSSR count). The Morgan fingerprint density at radius 3 is 2.61 bits per heavy atom. The zero-order valence-electron chi connectivity index (χ0n) is 19.0. The van der Waals surface area contributed by atoms with Gasteiger partial charge in [-0.25, -0.2) is 4.98 Å². The van der Waals surface area contributed by atoms with E-state index in [0.717, 1.165) is 38.8 Å². The van der Waals surface area contributed by atoms with E-state index in [1.807, 2.05) is 68.4 Å². The Bertz CT molecular complexity index is 1200. The maximum absolute atomic E-state index is 12.7. The van der Waals surface area contributed by atoms with Crippen LogP contribution in [0.25, 0.3) is 10.2 Å². The highest BCUT2D eigenvalue weighted by atomic mass is 32.2. The van der Waals surface area contributed by atoms with Crippen molar-refractivity contribution in [1.29, 1.82) is 0 Å². The van der Waals surface area contributed by atoms with E-state index in [1.54, 1.807) is 23.1 Å². The molecule has 33 heavy (non-hydrogen) atoms. The fourth-order valence-electron chi connectivity index (χ4n) is 3.17. The Kier molecular flexibility index (Phi) is 7.56. The molecule has 10 heteroatoms. The molecular formula is C23H26N6OS3. The highest BCUT2D eigenvalue weighted by Gasteiger charge is 2.20. The number of nitrogens with one attached hydrogen (secondary N) is 1. The number of thiazole rings is 1. The molecule has 0 aliphatic carbocycles. The van der Waals surface area contributed by atoms with Crippen molar-refractivity contribution in [2.24, 2.45) is 0 Å². The third kappa shape index (κ3) is 5.69. The van der Waals surface area contributed by atoms with Crippen LogP contribution in [0.5, 0.6) is 0 Å². The summed E-state index contributed by atoms with van der Waals surface area (Å²) in [5, 5.41) is 12.2. The van der Waals surface area contributed by atoms with Crippen LogP contribution in [0, 0.1) is 0 Å². The maximum Gasteiger partial charge on any atom is 0.237 e. The van der Waals surface area contributed by atoms with E-state index < -0.39 is 0 Å². The first-order valence-corrected chi connectivity index (χ1v) is 13.3. The third-order valence-corrected chi connectivity index (χ3v) is 8.27.